The van der Waals surface area contributed by atoms with Gasteiger partial charge >= 0.3 is 6.01 Å². The lowest BCUT2D eigenvalue weighted by molar-refractivity contribution is 0.0832. The van der Waals surface area contributed by atoms with Crippen molar-refractivity contribution in [3.8, 4) is 6.01 Å². The van der Waals surface area contributed by atoms with Crippen molar-refractivity contribution >= 4 is 17.8 Å². The Bertz CT molecular complexity index is 1020. The second-order valence-electron chi connectivity index (χ2n) is 8.80. The lowest BCUT2D eigenvalue weighted by Gasteiger charge is -2.32. The van der Waals surface area contributed by atoms with Crippen molar-refractivity contribution < 1.29 is 19.1 Å². The van der Waals surface area contributed by atoms with Gasteiger partial charge in [-0.25, -0.2) is 4.98 Å². The molecule has 1 atom stereocenters. The number of anilines is 1. The molecule has 4 rings (SSSR count). The van der Waals surface area contributed by atoms with Crippen LogP contribution in [0.4, 0.5) is 5.95 Å². The van der Waals surface area contributed by atoms with Gasteiger partial charge in [0, 0.05) is 37.9 Å². The number of nitrogens with zero attached hydrogens (tertiary/aromatic N) is 5. The fraction of sp³-hybridized carbons (Fsp3) is 0.565. The highest BCUT2D eigenvalue weighted by molar-refractivity contribution is 5.91. The molecule has 2 aromatic heterocycles. The van der Waals surface area contributed by atoms with E-state index >= 15 is 0 Å². The van der Waals surface area contributed by atoms with Crippen LogP contribution in [0.3, 0.4) is 0 Å². The molecule has 1 aliphatic carbocycles. The van der Waals surface area contributed by atoms with Crippen molar-refractivity contribution in [1.82, 2.24) is 25.3 Å². The minimum Gasteiger partial charge on any atom is -0.458 e. The molecular weight excluding hydrogens is 438 g/mol. The fourth-order valence-electron chi connectivity index (χ4n) is 4.08. The molecule has 0 radical (unpaired) electrons. The third-order valence-corrected chi connectivity index (χ3v) is 6.17. The van der Waals surface area contributed by atoms with Crippen molar-refractivity contribution in [2.24, 2.45) is 5.73 Å². The summed E-state index contributed by atoms with van der Waals surface area (Å²) in [5.41, 5.74) is 6.50. The van der Waals surface area contributed by atoms with Crippen molar-refractivity contribution in [1.29, 1.82) is 0 Å². The minimum atomic E-state index is -0.535. The molecule has 1 saturated heterocycles. The molecular formula is C23H31N7O4. The van der Waals surface area contributed by atoms with E-state index in [0.717, 1.165) is 37.8 Å². The van der Waals surface area contributed by atoms with Gasteiger partial charge in [0.25, 0.3) is 11.8 Å². The standard InChI is InChI=1S/C23H31N7O4/c1-14(13-33-2)34-23-28-20(21(32)25-16-5-3-6-16)27-22(29-23)30-11-9-15(10-12-30)17-7-4-8-18(26-17)19(24)31/h4,7-8,14-16H,3,5-6,9-13H2,1-2H3,(H2,24,31)(H,25,32). The predicted octanol–water partition coefficient (Wildman–Crippen LogP) is 1.45. The Labute approximate surface area is 198 Å². The Morgan fingerprint density at radius 3 is 2.56 bits per heavy atom. The average Bonchev–Trinajstić information content (AvgIpc) is 2.81. The Morgan fingerprint density at radius 2 is 1.91 bits per heavy atom. The third-order valence-electron chi connectivity index (χ3n) is 6.17. The van der Waals surface area contributed by atoms with Crippen LogP contribution in [0.25, 0.3) is 0 Å². The Balaban J connectivity index is 1.49. The number of carbonyl (C=O) groups is 2. The Hall–Kier alpha value is -3.34. The Morgan fingerprint density at radius 1 is 1.15 bits per heavy atom. The number of amides is 2. The van der Waals surface area contributed by atoms with Gasteiger partial charge in [-0.15, -0.1) is 0 Å². The van der Waals surface area contributed by atoms with Gasteiger partial charge in [0.2, 0.25) is 11.8 Å². The number of hydrogen-bond donors (Lipinski definition) is 2. The largest absolute Gasteiger partial charge is 0.458 e. The molecule has 3 heterocycles. The highest BCUT2D eigenvalue weighted by Crippen LogP contribution is 2.29. The molecule has 34 heavy (non-hydrogen) atoms. The first-order valence-corrected chi connectivity index (χ1v) is 11.7. The number of pyridine rings is 1. The molecule has 11 nitrogen and oxygen atoms in total. The van der Waals surface area contributed by atoms with Crippen molar-refractivity contribution in [3.63, 3.8) is 0 Å². The highest BCUT2D eigenvalue weighted by Gasteiger charge is 2.27. The van der Waals surface area contributed by atoms with E-state index in [-0.39, 0.29) is 41.5 Å². The fourth-order valence-corrected chi connectivity index (χ4v) is 4.08. The number of carbonyl (C=O) groups excluding carboxylic acids is 2. The monoisotopic (exact) mass is 469 g/mol. The second-order valence-corrected chi connectivity index (χ2v) is 8.80. The molecule has 2 fully saturated rings. The lowest BCUT2D eigenvalue weighted by Crippen LogP contribution is -2.41. The first kappa shape index (κ1) is 23.8. The van der Waals surface area contributed by atoms with Crippen molar-refractivity contribution in [2.75, 3.05) is 31.7 Å². The van der Waals surface area contributed by atoms with E-state index in [2.05, 4.69) is 25.3 Å². The molecule has 0 aromatic carbocycles. The number of aromatic nitrogens is 4. The Kier molecular flexibility index (Phi) is 7.51. The zero-order valence-electron chi connectivity index (χ0n) is 19.6. The number of nitrogens with two attached hydrogens (primary N) is 1. The van der Waals surface area contributed by atoms with E-state index in [9.17, 15) is 9.59 Å². The zero-order chi connectivity index (χ0) is 24.1. The summed E-state index contributed by atoms with van der Waals surface area (Å²) in [6.45, 7) is 3.54. The van der Waals surface area contributed by atoms with E-state index in [1.807, 2.05) is 17.9 Å². The van der Waals surface area contributed by atoms with E-state index in [1.54, 1.807) is 19.2 Å². The van der Waals surface area contributed by atoms with Crippen LogP contribution in [0.2, 0.25) is 0 Å². The molecule has 2 aromatic rings. The van der Waals surface area contributed by atoms with Crippen LogP contribution < -0.4 is 20.7 Å². The maximum atomic E-state index is 12.8. The number of methoxy groups -OCH3 is 1. The van der Waals surface area contributed by atoms with Crippen LogP contribution in [0.5, 0.6) is 6.01 Å². The van der Waals surface area contributed by atoms with Crippen LogP contribution in [0.1, 0.15) is 71.7 Å². The molecule has 1 aliphatic heterocycles. The molecule has 2 amide bonds. The summed E-state index contributed by atoms with van der Waals surface area (Å²) < 4.78 is 10.9. The topological polar surface area (TPSA) is 145 Å². The first-order chi connectivity index (χ1) is 16.4. The summed E-state index contributed by atoms with van der Waals surface area (Å²) in [4.78, 5) is 43.9. The summed E-state index contributed by atoms with van der Waals surface area (Å²) in [5.74, 6) is -0.205. The van der Waals surface area contributed by atoms with Crippen molar-refractivity contribution in [3.05, 3.63) is 35.4 Å². The zero-order valence-corrected chi connectivity index (χ0v) is 19.6. The number of piperidine rings is 1. The smallest absolute Gasteiger partial charge is 0.322 e. The first-order valence-electron chi connectivity index (χ1n) is 11.7. The number of ether oxygens (including phenoxy) is 2. The van der Waals surface area contributed by atoms with Crippen LogP contribution in [0.15, 0.2) is 18.2 Å². The number of primary amides is 1. The van der Waals surface area contributed by atoms with Crippen LogP contribution in [-0.2, 0) is 4.74 Å². The van der Waals surface area contributed by atoms with E-state index < -0.39 is 5.91 Å². The van der Waals surface area contributed by atoms with E-state index in [0.29, 0.717) is 25.6 Å². The SMILES string of the molecule is COCC(C)Oc1nc(C(=O)NC2CCC2)nc(N2CCC(c3cccc(C(N)=O)n3)CC2)n1. The van der Waals surface area contributed by atoms with E-state index in [1.165, 1.54) is 0 Å². The highest BCUT2D eigenvalue weighted by atomic mass is 16.5. The maximum absolute atomic E-state index is 12.8. The minimum absolute atomic E-state index is 0.0504. The van der Waals surface area contributed by atoms with Gasteiger partial charge in [0.1, 0.15) is 11.8 Å². The summed E-state index contributed by atoms with van der Waals surface area (Å²) >= 11 is 0. The van der Waals surface area contributed by atoms with Gasteiger partial charge in [-0.1, -0.05) is 6.07 Å². The summed E-state index contributed by atoms with van der Waals surface area (Å²) in [7, 11) is 1.59. The molecule has 1 saturated carbocycles. The number of hydrogen-bond acceptors (Lipinski definition) is 9. The van der Waals surface area contributed by atoms with Crippen molar-refractivity contribution in [2.45, 2.75) is 57.1 Å². The van der Waals surface area contributed by atoms with Gasteiger partial charge in [-0.3, -0.25) is 9.59 Å². The molecule has 3 N–H and O–H groups in total. The number of nitrogens with one attached hydrogen (secondary N) is 1. The third kappa shape index (κ3) is 5.77. The average molecular weight is 470 g/mol. The second kappa shape index (κ2) is 10.7. The summed E-state index contributed by atoms with van der Waals surface area (Å²) in [5, 5.41) is 2.97. The quantitative estimate of drug-likeness (QED) is 0.557. The van der Waals surface area contributed by atoms with E-state index in [4.69, 9.17) is 15.2 Å². The van der Waals surface area contributed by atoms with Gasteiger partial charge in [0.05, 0.1) is 6.61 Å². The van der Waals surface area contributed by atoms with Crippen LogP contribution in [-0.4, -0.2) is 70.7 Å². The van der Waals surface area contributed by atoms with Crippen LogP contribution >= 0.6 is 0 Å². The van der Waals surface area contributed by atoms with Gasteiger partial charge in [-0.05, 0) is 51.2 Å². The van der Waals surface area contributed by atoms with Gasteiger partial charge in [0.15, 0.2) is 0 Å². The van der Waals surface area contributed by atoms with Gasteiger partial charge < -0.3 is 25.4 Å². The molecule has 0 spiro atoms. The molecule has 0 bridgehead atoms. The number of rotatable bonds is 9. The lowest BCUT2D eigenvalue weighted by atomic mass is 9.93. The van der Waals surface area contributed by atoms with Gasteiger partial charge in [-0.2, -0.15) is 15.0 Å². The predicted molar refractivity (Wildman–Crippen MR) is 124 cm³/mol. The summed E-state index contributed by atoms with van der Waals surface area (Å²) in [6.07, 6.45) is 4.36. The maximum Gasteiger partial charge on any atom is 0.322 e. The molecule has 182 valence electrons. The molecule has 2 aliphatic rings. The molecule has 11 heteroatoms. The summed E-state index contributed by atoms with van der Waals surface area (Å²) in [6, 6.07) is 5.61. The molecule has 1 unspecified atom stereocenters. The van der Waals surface area contributed by atoms with Crippen LogP contribution in [0, 0.1) is 0 Å². The normalized spacial score (nSPS) is 17.6.